The number of hydrogen-bond acceptors (Lipinski definition) is 3. The lowest BCUT2D eigenvalue weighted by molar-refractivity contribution is -0.133. The van der Waals surface area contributed by atoms with Crippen LogP contribution in [0.15, 0.2) is 0 Å². The fourth-order valence-corrected chi connectivity index (χ4v) is 4.73. The van der Waals surface area contributed by atoms with E-state index in [1.165, 1.54) is 32.1 Å². The molecule has 0 aromatic rings. The largest absolute Gasteiger partial charge is 0.354 e. The maximum Gasteiger partial charge on any atom is 0.237 e. The predicted molar refractivity (Wildman–Crippen MR) is 106 cm³/mol. The van der Waals surface area contributed by atoms with E-state index in [4.69, 9.17) is 0 Å². The van der Waals surface area contributed by atoms with E-state index in [9.17, 15) is 9.59 Å². The van der Waals surface area contributed by atoms with Gasteiger partial charge in [-0.15, -0.1) is 12.4 Å². The van der Waals surface area contributed by atoms with Crippen LogP contribution in [0.5, 0.6) is 0 Å². The summed E-state index contributed by atoms with van der Waals surface area (Å²) in [6, 6.07) is -0.00286. The molecule has 26 heavy (non-hydrogen) atoms. The Morgan fingerprint density at radius 1 is 1.00 bits per heavy atom. The van der Waals surface area contributed by atoms with Crippen molar-refractivity contribution in [2.45, 2.75) is 76.7 Å². The zero-order valence-corrected chi connectivity index (χ0v) is 16.8. The summed E-state index contributed by atoms with van der Waals surface area (Å²) < 4.78 is 0. The Hall–Kier alpha value is -0.810. The number of carbonyl (C=O) groups excluding carboxylic acids is 2. The number of nitrogens with zero attached hydrogens (tertiary/aromatic N) is 1. The van der Waals surface area contributed by atoms with Gasteiger partial charge in [-0.1, -0.05) is 25.7 Å². The van der Waals surface area contributed by atoms with Gasteiger partial charge in [0.05, 0.1) is 6.04 Å². The van der Waals surface area contributed by atoms with Gasteiger partial charge in [0, 0.05) is 26.1 Å². The summed E-state index contributed by atoms with van der Waals surface area (Å²) >= 11 is 0. The molecule has 2 unspecified atom stereocenters. The Balaban J connectivity index is 0.00000243. The molecular formula is C20H36ClN3O2. The van der Waals surface area contributed by atoms with Crippen LogP contribution in [0, 0.1) is 11.8 Å². The van der Waals surface area contributed by atoms with Crippen molar-refractivity contribution >= 4 is 24.2 Å². The molecule has 3 rings (SSSR count). The minimum absolute atomic E-state index is 0. The summed E-state index contributed by atoms with van der Waals surface area (Å²) in [4.78, 5) is 26.7. The molecular weight excluding hydrogens is 350 g/mol. The molecule has 2 heterocycles. The molecule has 2 atom stereocenters. The summed E-state index contributed by atoms with van der Waals surface area (Å²) in [5.74, 6) is 1.75. The Morgan fingerprint density at radius 3 is 2.50 bits per heavy atom. The quantitative estimate of drug-likeness (QED) is 0.708. The van der Waals surface area contributed by atoms with Crippen molar-refractivity contribution in [2.24, 2.45) is 11.8 Å². The van der Waals surface area contributed by atoms with Crippen molar-refractivity contribution in [1.29, 1.82) is 0 Å². The first-order valence-electron chi connectivity index (χ1n) is 10.5. The van der Waals surface area contributed by atoms with Gasteiger partial charge < -0.3 is 15.5 Å². The number of nitrogens with one attached hydrogen (secondary N) is 2. The Bertz CT molecular complexity index is 448. The maximum absolute atomic E-state index is 12.5. The molecule has 3 fully saturated rings. The number of halogens is 1. The summed E-state index contributed by atoms with van der Waals surface area (Å²) in [6.45, 7) is 3.38. The fraction of sp³-hybridized carbons (Fsp3) is 0.900. The zero-order valence-electron chi connectivity index (χ0n) is 16.0. The van der Waals surface area contributed by atoms with Crippen LogP contribution in [0.2, 0.25) is 0 Å². The Kier molecular flexibility index (Phi) is 9.20. The summed E-state index contributed by atoms with van der Waals surface area (Å²) in [5, 5.41) is 6.34. The molecule has 0 spiro atoms. The third kappa shape index (κ3) is 6.41. The van der Waals surface area contributed by atoms with Crippen molar-refractivity contribution in [1.82, 2.24) is 15.5 Å². The van der Waals surface area contributed by atoms with Crippen molar-refractivity contribution < 1.29 is 9.59 Å². The third-order valence-electron chi connectivity index (χ3n) is 6.29. The van der Waals surface area contributed by atoms with Crippen molar-refractivity contribution in [3.63, 3.8) is 0 Å². The van der Waals surface area contributed by atoms with E-state index in [1.807, 2.05) is 4.90 Å². The summed E-state index contributed by atoms with van der Waals surface area (Å²) in [7, 11) is 0. The highest BCUT2D eigenvalue weighted by Gasteiger charge is 2.26. The van der Waals surface area contributed by atoms with Gasteiger partial charge in [0.25, 0.3) is 0 Å². The standard InChI is InChI=1S/C20H35N3O2.ClH/c24-19(11-3-8-16-6-1-2-7-16)23-13-5-9-17(15-23)14-22-20(25)18-10-4-12-21-18;/h16-18,21H,1-15H2,(H,22,25);1H. The molecule has 2 amide bonds. The van der Waals surface area contributed by atoms with E-state index in [1.54, 1.807) is 0 Å². The van der Waals surface area contributed by atoms with Gasteiger partial charge in [-0.3, -0.25) is 9.59 Å². The SMILES string of the molecule is Cl.O=C(NCC1CCCN(C(=O)CCCC2CCCC2)C1)C1CCCN1. The lowest BCUT2D eigenvalue weighted by Gasteiger charge is -2.33. The monoisotopic (exact) mass is 385 g/mol. The maximum atomic E-state index is 12.5. The predicted octanol–water partition coefficient (Wildman–Crippen LogP) is 2.88. The molecule has 5 nitrogen and oxygen atoms in total. The first-order valence-corrected chi connectivity index (χ1v) is 10.5. The minimum atomic E-state index is -0.00286. The molecule has 1 aliphatic carbocycles. The van der Waals surface area contributed by atoms with Crippen molar-refractivity contribution in [2.75, 3.05) is 26.2 Å². The Morgan fingerprint density at radius 2 is 1.77 bits per heavy atom. The van der Waals surface area contributed by atoms with Crippen LogP contribution >= 0.6 is 12.4 Å². The summed E-state index contributed by atoms with van der Waals surface area (Å²) in [5.41, 5.74) is 0. The second-order valence-electron chi connectivity index (χ2n) is 8.28. The minimum Gasteiger partial charge on any atom is -0.354 e. The van der Waals surface area contributed by atoms with Crippen LogP contribution in [0.1, 0.15) is 70.6 Å². The molecule has 6 heteroatoms. The number of likely N-dealkylation sites (tertiary alicyclic amines) is 1. The average molecular weight is 386 g/mol. The first-order chi connectivity index (χ1) is 12.2. The van der Waals surface area contributed by atoms with E-state index in [-0.39, 0.29) is 24.4 Å². The number of hydrogen-bond donors (Lipinski definition) is 2. The second-order valence-corrected chi connectivity index (χ2v) is 8.28. The molecule has 2 aliphatic heterocycles. The van der Waals surface area contributed by atoms with Gasteiger partial charge >= 0.3 is 0 Å². The molecule has 0 aromatic carbocycles. The van der Waals surface area contributed by atoms with Crippen LogP contribution in [0.25, 0.3) is 0 Å². The molecule has 0 bridgehead atoms. The molecule has 0 radical (unpaired) electrons. The first kappa shape index (κ1) is 21.5. The number of rotatable bonds is 7. The lowest BCUT2D eigenvalue weighted by atomic mass is 9.96. The van der Waals surface area contributed by atoms with E-state index >= 15 is 0 Å². The summed E-state index contributed by atoms with van der Waals surface area (Å²) in [6.07, 6.45) is 12.7. The second kappa shape index (κ2) is 11.1. The highest BCUT2D eigenvalue weighted by Crippen LogP contribution is 2.29. The van der Waals surface area contributed by atoms with Gasteiger partial charge in [-0.2, -0.15) is 0 Å². The normalized spacial score (nSPS) is 26.5. The molecule has 2 N–H and O–H groups in total. The van der Waals surface area contributed by atoms with E-state index in [2.05, 4.69) is 10.6 Å². The third-order valence-corrected chi connectivity index (χ3v) is 6.29. The van der Waals surface area contributed by atoms with Crippen molar-refractivity contribution in [3.05, 3.63) is 0 Å². The van der Waals surface area contributed by atoms with Crippen LogP contribution in [-0.4, -0.2) is 48.9 Å². The van der Waals surface area contributed by atoms with E-state index in [0.29, 0.717) is 24.8 Å². The van der Waals surface area contributed by atoms with Crippen LogP contribution < -0.4 is 10.6 Å². The zero-order chi connectivity index (χ0) is 17.5. The van der Waals surface area contributed by atoms with E-state index in [0.717, 1.165) is 57.7 Å². The lowest BCUT2D eigenvalue weighted by Crippen LogP contribution is -2.46. The van der Waals surface area contributed by atoms with Crippen molar-refractivity contribution in [3.8, 4) is 0 Å². The van der Waals surface area contributed by atoms with Gasteiger partial charge in [0.2, 0.25) is 11.8 Å². The van der Waals surface area contributed by atoms with Crippen LogP contribution in [0.4, 0.5) is 0 Å². The van der Waals surface area contributed by atoms with Gasteiger partial charge in [-0.05, 0) is 56.9 Å². The molecule has 2 saturated heterocycles. The topological polar surface area (TPSA) is 61.4 Å². The average Bonchev–Trinajstić information content (AvgIpc) is 3.33. The number of amides is 2. The van der Waals surface area contributed by atoms with Gasteiger partial charge in [-0.25, -0.2) is 0 Å². The molecule has 1 saturated carbocycles. The number of piperidine rings is 1. The van der Waals surface area contributed by atoms with Gasteiger partial charge in [0.15, 0.2) is 0 Å². The molecule has 150 valence electrons. The highest BCUT2D eigenvalue weighted by atomic mass is 35.5. The molecule has 3 aliphatic rings. The fourth-order valence-electron chi connectivity index (χ4n) is 4.73. The number of carbonyl (C=O) groups is 2. The van der Waals surface area contributed by atoms with Crippen LogP contribution in [0.3, 0.4) is 0 Å². The van der Waals surface area contributed by atoms with Crippen LogP contribution in [-0.2, 0) is 9.59 Å². The Labute approximate surface area is 164 Å². The molecule has 0 aromatic heterocycles. The van der Waals surface area contributed by atoms with Gasteiger partial charge in [0.1, 0.15) is 0 Å². The van der Waals surface area contributed by atoms with E-state index < -0.39 is 0 Å². The highest BCUT2D eigenvalue weighted by molar-refractivity contribution is 5.85. The smallest absolute Gasteiger partial charge is 0.237 e.